The number of nitrogens with zero attached hydrogens (tertiary/aromatic N) is 2. The number of fused-ring (bicyclic) bond motifs is 2. The van der Waals surface area contributed by atoms with E-state index in [0.29, 0.717) is 19.4 Å². The van der Waals surface area contributed by atoms with Gasteiger partial charge in [-0.05, 0) is 44.2 Å². The average Bonchev–Trinajstić information content (AvgIpc) is 3.17. The van der Waals surface area contributed by atoms with Crippen LogP contribution in [0, 0.1) is 13.8 Å². The molecule has 1 aliphatic carbocycles. The third kappa shape index (κ3) is 1.99. The molecule has 0 saturated carbocycles. The summed E-state index contributed by atoms with van der Waals surface area (Å²) in [5, 5.41) is 6.86. The summed E-state index contributed by atoms with van der Waals surface area (Å²) < 4.78 is 5.15. The molecule has 1 N–H and O–H groups in total. The summed E-state index contributed by atoms with van der Waals surface area (Å²) in [5.41, 5.74) is 2.96. The monoisotopic (exact) mass is 325 g/mol. The van der Waals surface area contributed by atoms with Crippen LogP contribution in [0.25, 0.3) is 0 Å². The van der Waals surface area contributed by atoms with Crippen LogP contribution in [0.2, 0.25) is 0 Å². The summed E-state index contributed by atoms with van der Waals surface area (Å²) in [6.45, 7) is 4.04. The zero-order chi connectivity index (χ0) is 16.9. The van der Waals surface area contributed by atoms with Gasteiger partial charge in [-0.3, -0.25) is 9.69 Å². The Balaban J connectivity index is 1.59. The lowest BCUT2D eigenvalue weighted by atomic mass is 9.92. The van der Waals surface area contributed by atoms with Crippen molar-refractivity contribution in [3.8, 4) is 0 Å². The van der Waals surface area contributed by atoms with Crippen LogP contribution in [-0.4, -0.2) is 28.5 Å². The SMILES string of the molecule is Cc1noc(C)c1CCN1C(=O)NC2(CCc3ccccc32)C1=O. The maximum absolute atomic E-state index is 13.0. The molecule has 1 unspecified atom stereocenters. The fraction of sp³-hybridized carbons (Fsp3) is 0.389. The quantitative estimate of drug-likeness (QED) is 0.878. The number of carbonyl (C=O) groups excluding carboxylic acids is 2. The van der Waals surface area contributed by atoms with Crippen LogP contribution >= 0.6 is 0 Å². The topological polar surface area (TPSA) is 75.4 Å². The molecule has 1 spiro atoms. The standard InChI is InChI=1S/C18H19N3O3/c1-11-14(12(2)24-20-11)8-10-21-16(22)18(19-17(21)23)9-7-13-5-3-4-6-15(13)18/h3-6H,7-10H2,1-2H3,(H,19,23). The van der Waals surface area contributed by atoms with E-state index in [2.05, 4.69) is 10.5 Å². The molecule has 0 radical (unpaired) electrons. The number of hydrogen-bond donors (Lipinski definition) is 1. The molecule has 2 heterocycles. The van der Waals surface area contributed by atoms with Crippen LogP contribution in [0.5, 0.6) is 0 Å². The molecule has 1 atom stereocenters. The second kappa shape index (κ2) is 5.19. The van der Waals surface area contributed by atoms with Crippen molar-refractivity contribution in [3.05, 3.63) is 52.4 Å². The van der Waals surface area contributed by atoms with Gasteiger partial charge in [0, 0.05) is 12.1 Å². The predicted octanol–water partition coefficient (Wildman–Crippen LogP) is 2.23. The van der Waals surface area contributed by atoms with Crippen molar-refractivity contribution in [3.63, 3.8) is 0 Å². The Bertz CT molecular complexity index is 822. The maximum atomic E-state index is 13.0. The van der Waals surface area contributed by atoms with Crippen LogP contribution in [0.15, 0.2) is 28.8 Å². The van der Waals surface area contributed by atoms with Crippen LogP contribution in [0.4, 0.5) is 4.79 Å². The maximum Gasteiger partial charge on any atom is 0.325 e. The molecular formula is C18H19N3O3. The first kappa shape index (κ1) is 14.9. The van der Waals surface area contributed by atoms with Gasteiger partial charge in [-0.2, -0.15) is 0 Å². The Hall–Kier alpha value is -2.63. The minimum atomic E-state index is -0.883. The first-order chi connectivity index (χ1) is 11.5. The number of amides is 3. The van der Waals surface area contributed by atoms with Gasteiger partial charge in [0.15, 0.2) is 0 Å². The molecule has 0 bridgehead atoms. The molecule has 1 aliphatic heterocycles. The van der Waals surface area contributed by atoms with Gasteiger partial charge in [-0.1, -0.05) is 29.4 Å². The van der Waals surface area contributed by atoms with E-state index in [1.54, 1.807) is 0 Å². The molecule has 2 aromatic rings. The molecule has 6 nitrogen and oxygen atoms in total. The van der Waals surface area contributed by atoms with Gasteiger partial charge in [0.25, 0.3) is 5.91 Å². The Morgan fingerprint density at radius 2 is 2.08 bits per heavy atom. The first-order valence-corrected chi connectivity index (χ1v) is 8.17. The molecule has 1 aromatic heterocycles. The highest BCUT2D eigenvalue weighted by molar-refractivity contribution is 6.08. The van der Waals surface area contributed by atoms with E-state index in [4.69, 9.17) is 4.52 Å². The molecule has 1 fully saturated rings. The molecule has 4 rings (SSSR count). The zero-order valence-electron chi connectivity index (χ0n) is 13.8. The van der Waals surface area contributed by atoms with Crippen molar-refractivity contribution in [1.82, 2.24) is 15.4 Å². The third-order valence-corrected chi connectivity index (χ3v) is 5.19. The highest BCUT2D eigenvalue weighted by Gasteiger charge is 2.54. The fourth-order valence-corrected chi connectivity index (χ4v) is 3.88. The number of hydrogen-bond acceptors (Lipinski definition) is 4. The van der Waals surface area contributed by atoms with Crippen LogP contribution < -0.4 is 5.32 Å². The van der Waals surface area contributed by atoms with Crippen molar-refractivity contribution in [2.45, 2.75) is 38.6 Å². The van der Waals surface area contributed by atoms with Crippen molar-refractivity contribution in [1.29, 1.82) is 0 Å². The van der Waals surface area contributed by atoms with Gasteiger partial charge >= 0.3 is 6.03 Å². The second-order valence-corrected chi connectivity index (χ2v) is 6.50. The summed E-state index contributed by atoms with van der Waals surface area (Å²) in [5.74, 6) is 0.588. The summed E-state index contributed by atoms with van der Waals surface area (Å²) in [4.78, 5) is 26.8. The van der Waals surface area contributed by atoms with Gasteiger partial charge in [0.2, 0.25) is 0 Å². The summed E-state index contributed by atoms with van der Waals surface area (Å²) in [6, 6.07) is 7.53. The summed E-state index contributed by atoms with van der Waals surface area (Å²) in [7, 11) is 0. The molecule has 124 valence electrons. The van der Waals surface area contributed by atoms with Crippen molar-refractivity contribution >= 4 is 11.9 Å². The second-order valence-electron chi connectivity index (χ2n) is 6.50. The molecule has 1 aromatic carbocycles. The Labute approximate surface area is 139 Å². The minimum Gasteiger partial charge on any atom is -0.361 e. The lowest BCUT2D eigenvalue weighted by molar-refractivity contribution is -0.131. The highest BCUT2D eigenvalue weighted by atomic mass is 16.5. The molecule has 3 amide bonds. The van der Waals surface area contributed by atoms with Crippen molar-refractivity contribution in [2.24, 2.45) is 0 Å². The van der Waals surface area contributed by atoms with Crippen LogP contribution in [0.3, 0.4) is 0 Å². The number of benzene rings is 1. The van der Waals surface area contributed by atoms with E-state index in [1.807, 2.05) is 38.1 Å². The normalized spacial score (nSPS) is 22.3. The smallest absolute Gasteiger partial charge is 0.325 e. The lowest BCUT2D eigenvalue weighted by Crippen LogP contribution is -2.42. The van der Waals surface area contributed by atoms with Gasteiger partial charge in [-0.15, -0.1) is 0 Å². The largest absolute Gasteiger partial charge is 0.361 e. The minimum absolute atomic E-state index is 0.149. The first-order valence-electron chi connectivity index (χ1n) is 8.17. The number of aromatic nitrogens is 1. The number of aryl methyl sites for hydroxylation is 3. The van der Waals surface area contributed by atoms with Crippen molar-refractivity contribution in [2.75, 3.05) is 6.54 Å². The summed E-state index contributed by atoms with van der Waals surface area (Å²) >= 11 is 0. The van der Waals surface area contributed by atoms with E-state index >= 15 is 0 Å². The molecule has 6 heteroatoms. The Morgan fingerprint density at radius 3 is 2.83 bits per heavy atom. The predicted molar refractivity (Wildman–Crippen MR) is 86.4 cm³/mol. The van der Waals surface area contributed by atoms with Gasteiger partial charge in [0.05, 0.1) is 5.69 Å². The van der Waals surface area contributed by atoms with E-state index in [9.17, 15) is 9.59 Å². The van der Waals surface area contributed by atoms with Gasteiger partial charge in [-0.25, -0.2) is 4.79 Å². The van der Waals surface area contributed by atoms with E-state index in [1.165, 1.54) is 4.90 Å². The average molecular weight is 325 g/mol. The summed E-state index contributed by atoms with van der Waals surface area (Å²) in [6.07, 6.45) is 1.98. The molecule has 2 aliphatic rings. The number of imide groups is 1. The Morgan fingerprint density at radius 1 is 1.29 bits per heavy atom. The van der Waals surface area contributed by atoms with E-state index in [-0.39, 0.29) is 11.9 Å². The number of nitrogens with one attached hydrogen (secondary N) is 1. The van der Waals surface area contributed by atoms with Gasteiger partial charge < -0.3 is 9.84 Å². The fourth-order valence-electron chi connectivity index (χ4n) is 3.88. The van der Waals surface area contributed by atoms with Crippen molar-refractivity contribution < 1.29 is 14.1 Å². The van der Waals surface area contributed by atoms with Crippen LogP contribution in [0.1, 0.15) is 34.6 Å². The zero-order valence-corrected chi connectivity index (χ0v) is 13.8. The number of carbonyl (C=O) groups is 2. The lowest BCUT2D eigenvalue weighted by Gasteiger charge is -2.22. The van der Waals surface area contributed by atoms with E-state index in [0.717, 1.165) is 34.6 Å². The van der Waals surface area contributed by atoms with Gasteiger partial charge in [0.1, 0.15) is 11.3 Å². The third-order valence-electron chi connectivity index (χ3n) is 5.19. The highest BCUT2D eigenvalue weighted by Crippen LogP contribution is 2.41. The number of rotatable bonds is 3. The Kier molecular flexibility index (Phi) is 3.23. The molecule has 24 heavy (non-hydrogen) atoms. The number of urea groups is 1. The molecule has 1 saturated heterocycles. The van der Waals surface area contributed by atoms with Crippen LogP contribution in [-0.2, 0) is 23.2 Å². The molecular weight excluding hydrogens is 306 g/mol. The van der Waals surface area contributed by atoms with E-state index < -0.39 is 5.54 Å².